The Morgan fingerprint density at radius 2 is 2.00 bits per heavy atom. The molecule has 2 rings (SSSR count). The third-order valence-electron chi connectivity index (χ3n) is 5.05. The first-order valence-electron chi connectivity index (χ1n) is 6.47. The van der Waals surface area contributed by atoms with E-state index < -0.39 is 0 Å². The molecule has 2 heteroatoms. The first-order valence-corrected chi connectivity index (χ1v) is 6.47. The SMILES string of the molecule is C=C(C)[C@H]1CC[C@@]2(C1)[C@H](C)C[C@H](O)C[C@@H]2O. The van der Waals surface area contributed by atoms with E-state index in [-0.39, 0.29) is 17.6 Å². The van der Waals surface area contributed by atoms with Gasteiger partial charge in [0.05, 0.1) is 12.2 Å². The van der Waals surface area contributed by atoms with Crippen molar-refractivity contribution in [3.8, 4) is 0 Å². The minimum Gasteiger partial charge on any atom is -0.393 e. The summed E-state index contributed by atoms with van der Waals surface area (Å²) in [6.07, 6.45) is 4.10. The monoisotopic (exact) mass is 224 g/mol. The van der Waals surface area contributed by atoms with E-state index in [9.17, 15) is 10.2 Å². The molecule has 2 aliphatic rings. The van der Waals surface area contributed by atoms with Gasteiger partial charge in [-0.15, -0.1) is 0 Å². The topological polar surface area (TPSA) is 40.5 Å². The van der Waals surface area contributed by atoms with Crippen molar-refractivity contribution in [2.75, 3.05) is 0 Å². The summed E-state index contributed by atoms with van der Waals surface area (Å²) in [5.41, 5.74) is 1.31. The largest absolute Gasteiger partial charge is 0.393 e. The maximum atomic E-state index is 10.3. The summed E-state index contributed by atoms with van der Waals surface area (Å²) < 4.78 is 0. The molecule has 92 valence electrons. The molecule has 0 heterocycles. The number of hydrogen-bond acceptors (Lipinski definition) is 2. The second kappa shape index (κ2) is 4.15. The van der Waals surface area contributed by atoms with E-state index in [0.717, 1.165) is 25.7 Å². The Morgan fingerprint density at radius 3 is 2.50 bits per heavy atom. The van der Waals surface area contributed by atoms with Crippen LogP contribution in [0.2, 0.25) is 0 Å². The van der Waals surface area contributed by atoms with Gasteiger partial charge in [0.15, 0.2) is 0 Å². The van der Waals surface area contributed by atoms with Crippen LogP contribution in [-0.2, 0) is 0 Å². The summed E-state index contributed by atoms with van der Waals surface area (Å²) in [5, 5.41) is 20.0. The second-order valence-electron chi connectivity index (χ2n) is 6.06. The van der Waals surface area contributed by atoms with Gasteiger partial charge in [-0.1, -0.05) is 19.1 Å². The predicted molar refractivity (Wildman–Crippen MR) is 65.0 cm³/mol. The van der Waals surface area contributed by atoms with Gasteiger partial charge < -0.3 is 10.2 Å². The van der Waals surface area contributed by atoms with Gasteiger partial charge in [0, 0.05) is 0 Å². The van der Waals surface area contributed by atoms with Crippen molar-refractivity contribution in [2.24, 2.45) is 17.3 Å². The number of aliphatic hydroxyl groups is 2. The Bertz CT molecular complexity index is 272. The molecule has 16 heavy (non-hydrogen) atoms. The Morgan fingerprint density at radius 1 is 1.31 bits per heavy atom. The van der Waals surface area contributed by atoms with Crippen LogP contribution < -0.4 is 0 Å². The predicted octanol–water partition coefficient (Wildman–Crippen LogP) is 2.50. The Labute approximate surface area is 98.4 Å². The van der Waals surface area contributed by atoms with Gasteiger partial charge in [-0.2, -0.15) is 0 Å². The molecule has 2 aliphatic carbocycles. The highest BCUT2D eigenvalue weighted by atomic mass is 16.3. The van der Waals surface area contributed by atoms with Crippen LogP contribution in [0.25, 0.3) is 0 Å². The minimum atomic E-state index is -0.324. The first-order chi connectivity index (χ1) is 7.45. The lowest BCUT2D eigenvalue weighted by atomic mass is 9.63. The van der Waals surface area contributed by atoms with Gasteiger partial charge in [0.2, 0.25) is 0 Å². The summed E-state index contributed by atoms with van der Waals surface area (Å²) >= 11 is 0. The summed E-state index contributed by atoms with van der Waals surface area (Å²) in [7, 11) is 0. The fourth-order valence-corrected chi connectivity index (χ4v) is 3.84. The van der Waals surface area contributed by atoms with Gasteiger partial charge >= 0.3 is 0 Å². The number of allylic oxidation sites excluding steroid dienone is 1. The van der Waals surface area contributed by atoms with Gasteiger partial charge in [-0.3, -0.25) is 0 Å². The molecule has 2 N–H and O–H groups in total. The van der Waals surface area contributed by atoms with E-state index in [1.165, 1.54) is 5.57 Å². The molecule has 0 aromatic heterocycles. The number of aliphatic hydroxyl groups excluding tert-OH is 2. The van der Waals surface area contributed by atoms with Gasteiger partial charge in [-0.05, 0) is 56.3 Å². The molecule has 0 unspecified atom stereocenters. The highest BCUT2D eigenvalue weighted by molar-refractivity contribution is 5.08. The fourth-order valence-electron chi connectivity index (χ4n) is 3.84. The van der Waals surface area contributed by atoms with Crippen molar-refractivity contribution in [2.45, 2.75) is 58.2 Å². The van der Waals surface area contributed by atoms with Crippen molar-refractivity contribution < 1.29 is 10.2 Å². The van der Waals surface area contributed by atoms with Crippen molar-refractivity contribution in [3.05, 3.63) is 12.2 Å². The van der Waals surface area contributed by atoms with Gasteiger partial charge in [0.1, 0.15) is 0 Å². The van der Waals surface area contributed by atoms with E-state index in [1.807, 2.05) is 0 Å². The first kappa shape index (κ1) is 12.1. The van der Waals surface area contributed by atoms with Crippen LogP contribution in [0.4, 0.5) is 0 Å². The van der Waals surface area contributed by atoms with Crippen LogP contribution in [0.1, 0.15) is 46.0 Å². The average Bonchev–Trinajstić information content (AvgIpc) is 2.60. The van der Waals surface area contributed by atoms with Crippen LogP contribution in [0.3, 0.4) is 0 Å². The molecule has 0 amide bonds. The summed E-state index contributed by atoms with van der Waals surface area (Å²) in [5.74, 6) is 1.00. The fraction of sp³-hybridized carbons (Fsp3) is 0.857. The van der Waals surface area contributed by atoms with Gasteiger partial charge in [-0.25, -0.2) is 0 Å². The molecule has 0 aromatic carbocycles. The van der Waals surface area contributed by atoms with E-state index >= 15 is 0 Å². The minimum absolute atomic E-state index is 0.0584. The van der Waals surface area contributed by atoms with Crippen molar-refractivity contribution in [3.63, 3.8) is 0 Å². The highest BCUT2D eigenvalue weighted by Gasteiger charge is 2.51. The lowest BCUT2D eigenvalue weighted by Gasteiger charge is -2.46. The molecule has 0 radical (unpaired) electrons. The smallest absolute Gasteiger partial charge is 0.0623 e. The molecule has 1 spiro atoms. The summed E-state index contributed by atoms with van der Waals surface area (Å²) in [6.45, 7) is 8.33. The third kappa shape index (κ3) is 1.82. The average molecular weight is 224 g/mol. The number of hydrogen-bond donors (Lipinski definition) is 2. The van der Waals surface area contributed by atoms with E-state index in [4.69, 9.17) is 0 Å². The van der Waals surface area contributed by atoms with Crippen molar-refractivity contribution >= 4 is 0 Å². The molecule has 0 bridgehead atoms. The van der Waals surface area contributed by atoms with Gasteiger partial charge in [0.25, 0.3) is 0 Å². The van der Waals surface area contributed by atoms with Crippen molar-refractivity contribution in [1.82, 2.24) is 0 Å². The standard InChI is InChI=1S/C14H24O2/c1-9(2)11-4-5-14(8-11)10(3)6-12(15)7-13(14)16/h10-13,15-16H,1,4-8H2,2-3H3/t10-,11+,12+,13+,14-/m1/s1. The zero-order valence-corrected chi connectivity index (χ0v) is 10.4. The normalized spacial score (nSPS) is 48.5. The molecule has 0 aliphatic heterocycles. The lowest BCUT2D eigenvalue weighted by molar-refractivity contribution is -0.0894. The summed E-state index contributed by atoms with van der Waals surface area (Å²) in [6, 6.07) is 0. The zero-order chi connectivity index (χ0) is 11.9. The Hall–Kier alpha value is -0.340. The van der Waals surface area contributed by atoms with Crippen LogP contribution >= 0.6 is 0 Å². The Kier molecular flexibility index (Phi) is 3.15. The maximum Gasteiger partial charge on any atom is 0.0623 e. The van der Waals surface area contributed by atoms with E-state index in [2.05, 4.69) is 20.4 Å². The third-order valence-corrected chi connectivity index (χ3v) is 5.05. The molecule has 0 aromatic rings. The van der Waals surface area contributed by atoms with E-state index in [1.54, 1.807) is 0 Å². The molecule has 2 fully saturated rings. The molecule has 0 saturated heterocycles. The van der Waals surface area contributed by atoms with Crippen molar-refractivity contribution in [1.29, 1.82) is 0 Å². The quantitative estimate of drug-likeness (QED) is 0.672. The molecular formula is C14H24O2. The molecular weight excluding hydrogens is 200 g/mol. The lowest BCUT2D eigenvalue weighted by Crippen LogP contribution is -2.46. The zero-order valence-electron chi connectivity index (χ0n) is 10.4. The second-order valence-corrected chi connectivity index (χ2v) is 6.06. The van der Waals surface area contributed by atoms with Crippen LogP contribution in [-0.4, -0.2) is 22.4 Å². The van der Waals surface area contributed by atoms with Crippen LogP contribution in [0, 0.1) is 17.3 Å². The van der Waals surface area contributed by atoms with Crippen LogP contribution in [0.15, 0.2) is 12.2 Å². The highest BCUT2D eigenvalue weighted by Crippen LogP contribution is 2.55. The number of rotatable bonds is 1. The molecule has 2 saturated carbocycles. The van der Waals surface area contributed by atoms with E-state index in [0.29, 0.717) is 18.3 Å². The Balaban J connectivity index is 2.15. The molecule has 5 atom stereocenters. The van der Waals surface area contributed by atoms with Crippen LogP contribution in [0.5, 0.6) is 0 Å². The molecule has 2 nitrogen and oxygen atoms in total. The summed E-state index contributed by atoms with van der Waals surface area (Å²) in [4.78, 5) is 0. The maximum absolute atomic E-state index is 10.3.